The summed E-state index contributed by atoms with van der Waals surface area (Å²) in [5.74, 6) is -0.305. The number of hydrogen-bond acceptors (Lipinski definition) is 4. The van der Waals surface area contributed by atoms with E-state index in [2.05, 4.69) is 27.9 Å². The zero-order valence-corrected chi connectivity index (χ0v) is 14.0. The highest BCUT2D eigenvalue weighted by molar-refractivity contribution is 14.1. The van der Waals surface area contributed by atoms with Crippen molar-refractivity contribution in [3.05, 3.63) is 57.7 Å². The lowest BCUT2D eigenvalue weighted by atomic mass is 10.2. The van der Waals surface area contributed by atoms with Gasteiger partial charge in [0, 0.05) is 15.3 Å². The molecule has 0 aromatic heterocycles. The first-order valence-corrected chi connectivity index (χ1v) is 7.53. The van der Waals surface area contributed by atoms with E-state index in [1.54, 1.807) is 49.6 Å². The Morgan fingerprint density at radius 1 is 1.14 bits per heavy atom. The zero-order valence-electron chi connectivity index (χ0n) is 11.8. The quantitative estimate of drug-likeness (QED) is 0.607. The molecular formula is C16H14INO4. The van der Waals surface area contributed by atoms with Crippen molar-refractivity contribution in [2.45, 2.75) is 0 Å². The van der Waals surface area contributed by atoms with Gasteiger partial charge in [0.2, 0.25) is 0 Å². The number of carbonyl (C=O) groups is 2. The molecule has 1 amide bonds. The second-order valence-corrected chi connectivity index (χ2v) is 5.61. The van der Waals surface area contributed by atoms with Crippen LogP contribution in [-0.4, -0.2) is 25.6 Å². The van der Waals surface area contributed by atoms with Gasteiger partial charge in [0.15, 0.2) is 6.61 Å². The summed E-state index contributed by atoms with van der Waals surface area (Å²) in [5.41, 5.74) is 0.996. The molecule has 0 aliphatic carbocycles. The van der Waals surface area contributed by atoms with Gasteiger partial charge in [-0.25, -0.2) is 4.79 Å². The van der Waals surface area contributed by atoms with E-state index in [4.69, 9.17) is 9.47 Å². The Morgan fingerprint density at radius 2 is 1.91 bits per heavy atom. The van der Waals surface area contributed by atoms with Gasteiger partial charge in [-0.2, -0.15) is 0 Å². The lowest BCUT2D eigenvalue weighted by Crippen LogP contribution is -2.20. The maximum atomic E-state index is 11.8. The number of rotatable bonds is 5. The van der Waals surface area contributed by atoms with Crippen LogP contribution >= 0.6 is 22.6 Å². The Morgan fingerprint density at radius 3 is 2.64 bits per heavy atom. The van der Waals surface area contributed by atoms with Gasteiger partial charge in [-0.1, -0.05) is 12.1 Å². The van der Waals surface area contributed by atoms with Crippen molar-refractivity contribution in [2.24, 2.45) is 0 Å². The average Bonchev–Trinajstić information content (AvgIpc) is 2.52. The molecule has 0 atom stereocenters. The fraction of sp³-hybridized carbons (Fsp3) is 0.125. The van der Waals surface area contributed by atoms with Gasteiger partial charge in [0.25, 0.3) is 5.91 Å². The maximum absolute atomic E-state index is 11.8. The highest BCUT2D eigenvalue weighted by atomic mass is 127. The van der Waals surface area contributed by atoms with Crippen LogP contribution < -0.4 is 10.1 Å². The van der Waals surface area contributed by atoms with Crippen LogP contribution in [0.25, 0.3) is 0 Å². The van der Waals surface area contributed by atoms with Crippen LogP contribution in [0.4, 0.5) is 5.69 Å². The number of methoxy groups -OCH3 is 1. The van der Waals surface area contributed by atoms with Gasteiger partial charge in [-0.3, -0.25) is 4.79 Å². The largest absolute Gasteiger partial charge is 0.497 e. The number of carbonyl (C=O) groups excluding carboxylic acids is 2. The van der Waals surface area contributed by atoms with E-state index >= 15 is 0 Å². The normalized spacial score (nSPS) is 9.91. The number of esters is 1. The summed E-state index contributed by atoms with van der Waals surface area (Å²) in [5, 5.41) is 2.64. The van der Waals surface area contributed by atoms with Crippen molar-refractivity contribution in [1.29, 1.82) is 0 Å². The predicted molar refractivity (Wildman–Crippen MR) is 91.1 cm³/mol. The van der Waals surface area contributed by atoms with Crippen LogP contribution in [0.1, 0.15) is 10.4 Å². The zero-order chi connectivity index (χ0) is 15.9. The molecule has 114 valence electrons. The minimum atomic E-state index is -0.528. The van der Waals surface area contributed by atoms with Gasteiger partial charge in [-0.05, 0) is 52.9 Å². The van der Waals surface area contributed by atoms with Crippen LogP contribution in [0.5, 0.6) is 5.75 Å². The summed E-state index contributed by atoms with van der Waals surface area (Å²) in [6.07, 6.45) is 0. The lowest BCUT2D eigenvalue weighted by molar-refractivity contribution is -0.119. The van der Waals surface area contributed by atoms with Crippen molar-refractivity contribution in [3.63, 3.8) is 0 Å². The molecule has 0 unspecified atom stereocenters. The molecule has 6 heteroatoms. The van der Waals surface area contributed by atoms with E-state index in [-0.39, 0.29) is 6.61 Å². The van der Waals surface area contributed by atoms with Crippen LogP contribution in [0.2, 0.25) is 0 Å². The van der Waals surface area contributed by atoms with E-state index in [1.165, 1.54) is 0 Å². The fourth-order valence-electron chi connectivity index (χ4n) is 1.73. The van der Waals surface area contributed by atoms with Gasteiger partial charge in [0.1, 0.15) is 5.75 Å². The molecule has 0 fully saturated rings. The van der Waals surface area contributed by atoms with Crippen molar-refractivity contribution in [1.82, 2.24) is 0 Å². The highest BCUT2D eigenvalue weighted by Crippen LogP contribution is 2.16. The predicted octanol–water partition coefficient (Wildman–Crippen LogP) is 3.10. The number of halogens is 1. The second-order valence-electron chi connectivity index (χ2n) is 4.37. The van der Waals surface area contributed by atoms with E-state index in [9.17, 15) is 9.59 Å². The fourth-order valence-corrected chi connectivity index (χ4v) is 2.27. The molecule has 1 N–H and O–H groups in total. The second kappa shape index (κ2) is 7.79. The van der Waals surface area contributed by atoms with Crippen LogP contribution in [-0.2, 0) is 9.53 Å². The van der Waals surface area contributed by atoms with Crippen molar-refractivity contribution in [2.75, 3.05) is 19.0 Å². The number of amides is 1. The van der Waals surface area contributed by atoms with Gasteiger partial charge in [-0.15, -0.1) is 0 Å². The molecule has 0 aliphatic rings. The van der Waals surface area contributed by atoms with Crippen molar-refractivity contribution < 1.29 is 19.1 Å². The summed E-state index contributed by atoms with van der Waals surface area (Å²) in [6.45, 7) is -0.346. The highest BCUT2D eigenvalue weighted by Gasteiger charge is 2.10. The third-order valence-electron chi connectivity index (χ3n) is 2.75. The summed E-state index contributed by atoms with van der Waals surface area (Å²) < 4.78 is 11.0. The summed E-state index contributed by atoms with van der Waals surface area (Å²) in [7, 11) is 1.55. The molecule has 0 saturated heterocycles. The first kappa shape index (κ1) is 16.3. The van der Waals surface area contributed by atoms with Gasteiger partial charge < -0.3 is 14.8 Å². The molecule has 0 aliphatic heterocycles. The third kappa shape index (κ3) is 4.73. The van der Waals surface area contributed by atoms with Crippen LogP contribution in [0.3, 0.4) is 0 Å². The number of anilines is 1. The molecular weight excluding hydrogens is 397 g/mol. The smallest absolute Gasteiger partial charge is 0.338 e. The van der Waals surface area contributed by atoms with Gasteiger partial charge in [0.05, 0.1) is 12.7 Å². The molecule has 0 bridgehead atoms. The Hall–Kier alpha value is -2.09. The number of hydrogen-bond donors (Lipinski definition) is 1. The van der Waals surface area contributed by atoms with E-state index in [0.717, 1.165) is 3.57 Å². The molecule has 5 nitrogen and oxygen atoms in total. The molecule has 0 heterocycles. The minimum Gasteiger partial charge on any atom is -0.497 e. The topological polar surface area (TPSA) is 64.6 Å². The Kier molecular flexibility index (Phi) is 5.76. The third-order valence-corrected chi connectivity index (χ3v) is 3.42. The molecule has 2 aromatic rings. The van der Waals surface area contributed by atoms with E-state index < -0.39 is 11.9 Å². The molecule has 0 saturated carbocycles. The first-order chi connectivity index (χ1) is 10.6. The molecule has 2 aromatic carbocycles. The minimum absolute atomic E-state index is 0.346. The molecule has 2 rings (SSSR count). The van der Waals surface area contributed by atoms with Crippen molar-refractivity contribution in [3.8, 4) is 5.75 Å². The van der Waals surface area contributed by atoms with Crippen molar-refractivity contribution >= 4 is 40.2 Å². The Labute approximate surface area is 141 Å². The van der Waals surface area contributed by atoms with Crippen LogP contribution in [0, 0.1) is 3.57 Å². The van der Waals surface area contributed by atoms with Crippen LogP contribution in [0.15, 0.2) is 48.5 Å². The number of nitrogens with one attached hydrogen (secondary N) is 1. The number of ether oxygens (including phenoxy) is 2. The summed E-state index contributed by atoms with van der Waals surface area (Å²) in [6, 6.07) is 13.9. The number of benzene rings is 2. The van der Waals surface area contributed by atoms with Gasteiger partial charge >= 0.3 is 5.97 Å². The Balaban J connectivity index is 1.88. The Bertz CT molecular complexity index is 687. The average molecular weight is 411 g/mol. The first-order valence-electron chi connectivity index (χ1n) is 6.45. The molecule has 22 heavy (non-hydrogen) atoms. The van der Waals surface area contributed by atoms with E-state index in [1.807, 2.05) is 6.07 Å². The summed E-state index contributed by atoms with van der Waals surface area (Å²) >= 11 is 2.10. The SMILES string of the molecule is COc1cccc(NC(=O)COC(=O)c2cccc(I)c2)c1. The summed E-state index contributed by atoms with van der Waals surface area (Å²) in [4.78, 5) is 23.6. The maximum Gasteiger partial charge on any atom is 0.338 e. The molecule has 0 radical (unpaired) electrons. The monoisotopic (exact) mass is 411 g/mol. The lowest BCUT2D eigenvalue weighted by Gasteiger charge is -2.08. The van der Waals surface area contributed by atoms with E-state index in [0.29, 0.717) is 17.0 Å². The molecule has 0 spiro atoms. The standard InChI is InChI=1S/C16H14INO4/c1-21-14-7-3-6-13(9-14)18-15(19)10-22-16(20)11-4-2-5-12(17)8-11/h2-9H,10H2,1H3,(H,18,19).